The number of esters is 2. The standard InChI is InChI=1S/C24H34O6/c1-17(6-5-7-20-11-13-28-16-20)14-21(26)15-18(2)8-9-22(29-19(3)25)24(4)12-10-23(27)30-24/h6,11,13,15-16,21-22,26H,5,7-10,12,14H2,1-4H3/b17-6+,18-15+/t21-,22+,24-/m0/s1. The quantitative estimate of drug-likeness (QED) is 0.415. The Labute approximate surface area is 178 Å². The molecule has 0 radical (unpaired) electrons. The molecule has 166 valence electrons. The number of furan rings is 1. The Morgan fingerprint density at radius 3 is 2.70 bits per heavy atom. The molecule has 1 fully saturated rings. The molecule has 1 N–H and O–H groups in total. The van der Waals surface area contributed by atoms with E-state index in [1.807, 2.05) is 32.9 Å². The van der Waals surface area contributed by atoms with Crippen LogP contribution < -0.4 is 0 Å². The zero-order valence-electron chi connectivity index (χ0n) is 18.5. The normalized spacial score (nSPS) is 22.0. The summed E-state index contributed by atoms with van der Waals surface area (Å²) < 4.78 is 16.0. The van der Waals surface area contributed by atoms with Crippen molar-refractivity contribution in [2.45, 2.75) is 90.4 Å². The largest absolute Gasteiger partial charge is 0.472 e. The van der Waals surface area contributed by atoms with Gasteiger partial charge in [0.05, 0.1) is 18.6 Å². The van der Waals surface area contributed by atoms with Crippen molar-refractivity contribution in [3.8, 4) is 0 Å². The molecule has 1 aromatic rings. The second kappa shape index (κ2) is 11.2. The molecule has 0 unspecified atom stereocenters. The molecular formula is C24H34O6. The number of hydrogen-bond donors (Lipinski definition) is 1. The van der Waals surface area contributed by atoms with Gasteiger partial charge in [-0.3, -0.25) is 9.59 Å². The Kier molecular flexibility index (Phi) is 8.90. The maximum absolute atomic E-state index is 11.6. The lowest BCUT2D eigenvalue weighted by Gasteiger charge is -2.32. The van der Waals surface area contributed by atoms with Gasteiger partial charge in [0, 0.05) is 19.8 Å². The molecule has 1 aliphatic heterocycles. The molecule has 0 bridgehead atoms. The Balaban J connectivity index is 1.84. The molecule has 0 spiro atoms. The number of aliphatic hydroxyl groups is 1. The first-order chi connectivity index (χ1) is 14.2. The summed E-state index contributed by atoms with van der Waals surface area (Å²) in [5.41, 5.74) is 2.53. The Bertz CT molecular complexity index is 761. The van der Waals surface area contributed by atoms with Gasteiger partial charge in [-0.15, -0.1) is 0 Å². The first-order valence-electron chi connectivity index (χ1n) is 10.6. The summed E-state index contributed by atoms with van der Waals surface area (Å²) in [6, 6.07) is 1.96. The monoisotopic (exact) mass is 418 g/mol. The van der Waals surface area contributed by atoms with Gasteiger partial charge in [0.15, 0.2) is 0 Å². The maximum atomic E-state index is 11.6. The summed E-state index contributed by atoms with van der Waals surface area (Å²) in [5.74, 6) is -0.644. The number of ether oxygens (including phenoxy) is 2. The van der Waals surface area contributed by atoms with Gasteiger partial charge in [0.2, 0.25) is 0 Å². The van der Waals surface area contributed by atoms with E-state index in [0.717, 1.165) is 24.0 Å². The van der Waals surface area contributed by atoms with E-state index >= 15 is 0 Å². The second-order valence-electron chi connectivity index (χ2n) is 8.43. The third-order valence-corrected chi connectivity index (χ3v) is 5.48. The van der Waals surface area contributed by atoms with Crippen LogP contribution in [-0.2, 0) is 25.5 Å². The van der Waals surface area contributed by atoms with Crippen molar-refractivity contribution in [3.63, 3.8) is 0 Å². The van der Waals surface area contributed by atoms with E-state index in [-0.39, 0.29) is 11.9 Å². The van der Waals surface area contributed by atoms with E-state index in [9.17, 15) is 14.7 Å². The highest BCUT2D eigenvalue weighted by Gasteiger charge is 2.44. The van der Waals surface area contributed by atoms with Crippen molar-refractivity contribution in [3.05, 3.63) is 47.5 Å². The number of rotatable bonds is 11. The molecule has 2 heterocycles. The van der Waals surface area contributed by atoms with Gasteiger partial charge in [-0.25, -0.2) is 0 Å². The predicted octanol–water partition coefficient (Wildman–Crippen LogP) is 4.66. The van der Waals surface area contributed by atoms with Crippen molar-refractivity contribution < 1.29 is 28.6 Å². The molecule has 2 rings (SSSR count). The second-order valence-corrected chi connectivity index (χ2v) is 8.43. The van der Waals surface area contributed by atoms with Crippen LogP contribution in [0, 0.1) is 0 Å². The van der Waals surface area contributed by atoms with Gasteiger partial charge < -0.3 is 19.0 Å². The zero-order chi connectivity index (χ0) is 22.1. The molecule has 30 heavy (non-hydrogen) atoms. The Hall–Kier alpha value is -2.34. The number of aryl methyl sites for hydroxylation is 1. The molecule has 1 aromatic heterocycles. The van der Waals surface area contributed by atoms with Crippen molar-refractivity contribution in [1.82, 2.24) is 0 Å². The molecule has 1 saturated heterocycles. The number of aliphatic hydroxyl groups excluding tert-OH is 1. The van der Waals surface area contributed by atoms with Crippen molar-refractivity contribution in [1.29, 1.82) is 0 Å². The summed E-state index contributed by atoms with van der Waals surface area (Å²) in [4.78, 5) is 23.1. The van der Waals surface area contributed by atoms with Crippen molar-refractivity contribution in [2.24, 2.45) is 0 Å². The summed E-state index contributed by atoms with van der Waals surface area (Å²) in [6.45, 7) is 7.15. The van der Waals surface area contributed by atoms with Crippen LogP contribution in [0.1, 0.15) is 71.8 Å². The minimum Gasteiger partial charge on any atom is -0.472 e. The summed E-state index contributed by atoms with van der Waals surface area (Å²) in [5, 5.41) is 10.4. The minimum atomic E-state index is -0.782. The number of allylic oxidation sites excluding steroid dienone is 2. The molecule has 1 aliphatic rings. The SMILES string of the molecule is CC(=O)O[C@H](CC/C(C)=C/[C@@H](O)C/C(C)=C/CCc1ccoc1)[C@]1(C)CCC(=O)O1. The van der Waals surface area contributed by atoms with Crippen molar-refractivity contribution >= 4 is 11.9 Å². The third-order valence-electron chi connectivity index (χ3n) is 5.48. The van der Waals surface area contributed by atoms with Crippen LogP contribution in [0.5, 0.6) is 0 Å². The van der Waals surface area contributed by atoms with Crippen LogP contribution in [0.15, 0.2) is 46.3 Å². The van der Waals surface area contributed by atoms with Gasteiger partial charge in [0.25, 0.3) is 0 Å². The first kappa shape index (κ1) is 23.9. The molecule has 6 nitrogen and oxygen atoms in total. The highest BCUT2D eigenvalue weighted by atomic mass is 16.6. The average Bonchev–Trinajstić information content (AvgIpc) is 3.28. The number of carbonyl (C=O) groups is 2. The van der Waals surface area contributed by atoms with E-state index in [1.54, 1.807) is 12.5 Å². The summed E-state index contributed by atoms with van der Waals surface area (Å²) in [6.07, 6.45) is 10.8. The van der Waals surface area contributed by atoms with E-state index in [4.69, 9.17) is 13.9 Å². The summed E-state index contributed by atoms with van der Waals surface area (Å²) in [7, 11) is 0. The van der Waals surface area contributed by atoms with E-state index in [0.29, 0.717) is 32.1 Å². The minimum absolute atomic E-state index is 0.257. The highest BCUT2D eigenvalue weighted by Crippen LogP contribution is 2.34. The smallest absolute Gasteiger partial charge is 0.306 e. The molecule has 0 aliphatic carbocycles. The first-order valence-corrected chi connectivity index (χ1v) is 10.6. The molecule has 0 aromatic carbocycles. The van der Waals surface area contributed by atoms with E-state index < -0.39 is 17.8 Å². The van der Waals surface area contributed by atoms with Crippen LogP contribution in [0.3, 0.4) is 0 Å². The molecule has 0 amide bonds. The fourth-order valence-electron chi connectivity index (χ4n) is 3.79. The number of cyclic esters (lactones) is 1. The molecule has 3 atom stereocenters. The van der Waals surface area contributed by atoms with Gasteiger partial charge >= 0.3 is 11.9 Å². The van der Waals surface area contributed by atoms with Gasteiger partial charge in [-0.1, -0.05) is 23.3 Å². The Morgan fingerprint density at radius 1 is 1.33 bits per heavy atom. The van der Waals surface area contributed by atoms with Crippen LogP contribution in [0.4, 0.5) is 0 Å². The predicted molar refractivity (Wildman–Crippen MR) is 114 cm³/mol. The van der Waals surface area contributed by atoms with E-state index in [2.05, 4.69) is 6.08 Å². The van der Waals surface area contributed by atoms with Gasteiger partial charge in [-0.05, 0) is 64.5 Å². The maximum Gasteiger partial charge on any atom is 0.306 e. The number of hydrogen-bond acceptors (Lipinski definition) is 6. The lowest BCUT2D eigenvalue weighted by Crippen LogP contribution is -2.42. The van der Waals surface area contributed by atoms with E-state index in [1.165, 1.54) is 12.5 Å². The highest BCUT2D eigenvalue weighted by molar-refractivity contribution is 5.72. The fraction of sp³-hybridized carbons (Fsp3) is 0.583. The van der Waals surface area contributed by atoms with Crippen LogP contribution >= 0.6 is 0 Å². The lowest BCUT2D eigenvalue weighted by molar-refractivity contribution is -0.172. The van der Waals surface area contributed by atoms with Crippen LogP contribution in [-0.4, -0.2) is 34.9 Å². The third kappa shape index (κ3) is 7.82. The van der Waals surface area contributed by atoms with Crippen LogP contribution in [0.2, 0.25) is 0 Å². The lowest BCUT2D eigenvalue weighted by atomic mass is 9.90. The topological polar surface area (TPSA) is 86.0 Å². The van der Waals surface area contributed by atoms with Crippen LogP contribution in [0.25, 0.3) is 0 Å². The summed E-state index contributed by atoms with van der Waals surface area (Å²) >= 11 is 0. The molecular weight excluding hydrogens is 384 g/mol. The fourth-order valence-corrected chi connectivity index (χ4v) is 3.79. The Morgan fingerprint density at radius 2 is 2.10 bits per heavy atom. The molecule has 0 saturated carbocycles. The average molecular weight is 419 g/mol. The molecule has 6 heteroatoms. The van der Waals surface area contributed by atoms with Crippen molar-refractivity contribution in [2.75, 3.05) is 0 Å². The zero-order valence-corrected chi connectivity index (χ0v) is 18.5. The number of carbonyl (C=O) groups excluding carboxylic acids is 2. The van der Waals surface area contributed by atoms with Gasteiger partial charge in [-0.2, -0.15) is 0 Å². The van der Waals surface area contributed by atoms with Gasteiger partial charge in [0.1, 0.15) is 11.7 Å².